The highest BCUT2D eigenvalue weighted by Gasteiger charge is 2.62. The number of aliphatic carboxylic acids is 1. The van der Waals surface area contributed by atoms with Crippen LogP contribution >= 0.6 is 0 Å². The summed E-state index contributed by atoms with van der Waals surface area (Å²) in [5.74, 6) is 0.508. The number of hydrogen-bond acceptors (Lipinski definition) is 3. The van der Waals surface area contributed by atoms with E-state index in [0.29, 0.717) is 24.7 Å². The fraction of sp³-hybridized carbons (Fsp3) is 0.727. The van der Waals surface area contributed by atoms with Gasteiger partial charge in [-0.05, 0) is 78.3 Å². The number of aliphatic hydroxyl groups is 1. The third-order valence-corrected chi connectivity index (χ3v) is 8.46. The Bertz CT molecular complexity index is 707. The predicted molar refractivity (Wildman–Crippen MR) is 98.4 cm³/mol. The van der Waals surface area contributed by atoms with Crippen molar-refractivity contribution < 1.29 is 19.8 Å². The summed E-state index contributed by atoms with van der Waals surface area (Å²) >= 11 is 0. The monoisotopic (exact) mass is 358 g/mol. The first-order valence-electron chi connectivity index (χ1n) is 10.00. The van der Waals surface area contributed by atoms with Crippen molar-refractivity contribution in [1.82, 2.24) is 0 Å². The molecule has 0 radical (unpaired) electrons. The highest BCUT2D eigenvalue weighted by molar-refractivity contribution is 5.92. The molecule has 0 aliphatic heterocycles. The molecule has 1 unspecified atom stereocenters. The van der Waals surface area contributed by atoms with Crippen LogP contribution in [0, 0.1) is 34.5 Å². The summed E-state index contributed by atoms with van der Waals surface area (Å²) in [4.78, 5) is 23.4. The average Bonchev–Trinajstić information content (AvgIpc) is 2.79. The molecule has 4 aliphatic rings. The molecule has 0 amide bonds. The summed E-state index contributed by atoms with van der Waals surface area (Å²) in [6, 6.07) is 0. The van der Waals surface area contributed by atoms with Gasteiger partial charge in [-0.2, -0.15) is 0 Å². The van der Waals surface area contributed by atoms with E-state index in [4.69, 9.17) is 0 Å². The standard InChI is InChI=1S/C22H30O4/c1-12-8-15-16(21(2)6-4-14(23)11-17(12)21)5-7-22(3)18(24)9-13(20(15)22)10-19(25)26/h11,13,15-16,18,20,24H,1,4-10H2,2-3H3,(H,25,26)/t13?,15-,16+,18+,20+,21-,22-/m1/s1. The fourth-order valence-electron chi connectivity index (χ4n) is 7.26. The van der Waals surface area contributed by atoms with Crippen LogP contribution in [0.4, 0.5) is 0 Å². The van der Waals surface area contributed by atoms with E-state index in [9.17, 15) is 19.8 Å². The molecule has 0 bridgehead atoms. The Morgan fingerprint density at radius 3 is 2.77 bits per heavy atom. The van der Waals surface area contributed by atoms with Crippen LogP contribution in [0.15, 0.2) is 23.8 Å². The van der Waals surface area contributed by atoms with Crippen molar-refractivity contribution in [2.75, 3.05) is 0 Å². The van der Waals surface area contributed by atoms with Crippen LogP contribution in [0.25, 0.3) is 0 Å². The molecule has 0 saturated heterocycles. The summed E-state index contributed by atoms with van der Waals surface area (Å²) in [6.07, 6.45) is 6.45. The molecule has 7 atom stereocenters. The van der Waals surface area contributed by atoms with Crippen LogP contribution in [0.1, 0.15) is 58.8 Å². The summed E-state index contributed by atoms with van der Waals surface area (Å²) in [5, 5.41) is 20.2. The zero-order chi connectivity index (χ0) is 18.9. The van der Waals surface area contributed by atoms with Crippen molar-refractivity contribution in [3.63, 3.8) is 0 Å². The Balaban J connectivity index is 1.75. The lowest BCUT2D eigenvalue weighted by molar-refractivity contribution is -0.139. The smallest absolute Gasteiger partial charge is 0.303 e. The fourth-order valence-corrected chi connectivity index (χ4v) is 7.26. The molecule has 0 aromatic rings. The van der Waals surface area contributed by atoms with Crippen molar-refractivity contribution in [2.24, 2.45) is 34.5 Å². The van der Waals surface area contributed by atoms with E-state index in [2.05, 4.69) is 20.4 Å². The lowest BCUT2D eigenvalue weighted by Crippen LogP contribution is -2.52. The first kappa shape index (κ1) is 18.0. The second-order valence-electron chi connectivity index (χ2n) is 9.70. The van der Waals surface area contributed by atoms with Crippen LogP contribution in [0.3, 0.4) is 0 Å². The van der Waals surface area contributed by atoms with E-state index >= 15 is 0 Å². The minimum atomic E-state index is -0.765. The zero-order valence-corrected chi connectivity index (χ0v) is 15.8. The molecule has 0 aromatic carbocycles. The normalized spacial score (nSPS) is 47.7. The van der Waals surface area contributed by atoms with Gasteiger partial charge < -0.3 is 10.2 Å². The predicted octanol–water partition coefficient (Wildman–Crippen LogP) is 3.75. The molecule has 4 rings (SSSR count). The Morgan fingerprint density at radius 1 is 1.35 bits per heavy atom. The summed E-state index contributed by atoms with van der Waals surface area (Å²) < 4.78 is 0. The number of aliphatic hydroxyl groups excluding tert-OH is 1. The van der Waals surface area contributed by atoms with Gasteiger partial charge in [-0.3, -0.25) is 9.59 Å². The molecular formula is C22H30O4. The third kappa shape index (κ3) is 2.37. The van der Waals surface area contributed by atoms with Crippen molar-refractivity contribution >= 4 is 11.8 Å². The van der Waals surface area contributed by atoms with Crippen LogP contribution in [0.2, 0.25) is 0 Å². The Labute approximate surface area is 155 Å². The number of ketones is 1. The van der Waals surface area contributed by atoms with E-state index in [1.807, 2.05) is 6.08 Å². The van der Waals surface area contributed by atoms with Gasteiger partial charge >= 0.3 is 5.97 Å². The van der Waals surface area contributed by atoms with Crippen molar-refractivity contribution in [1.29, 1.82) is 0 Å². The molecule has 2 N–H and O–H groups in total. The van der Waals surface area contributed by atoms with Crippen LogP contribution in [-0.4, -0.2) is 28.1 Å². The summed E-state index contributed by atoms with van der Waals surface area (Å²) in [7, 11) is 0. The number of allylic oxidation sites excluding steroid dienone is 2. The van der Waals surface area contributed by atoms with Gasteiger partial charge in [0.05, 0.1) is 6.10 Å². The Hall–Kier alpha value is -1.42. The van der Waals surface area contributed by atoms with Crippen LogP contribution < -0.4 is 0 Å². The number of carboxylic acids is 1. The van der Waals surface area contributed by atoms with Crippen molar-refractivity contribution in [2.45, 2.75) is 64.9 Å². The maximum Gasteiger partial charge on any atom is 0.303 e. The van der Waals surface area contributed by atoms with Crippen molar-refractivity contribution in [3.8, 4) is 0 Å². The highest BCUT2D eigenvalue weighted by atomic mass is 16.4. The molecule has 4 nitrogen and oxygen atoms in total. The number of carbonyl (C=O) groups excluding carboxylic acids is 1. The maximum atomic E-state index is 12.0. The van der Waals surface area contributed by atoms with E-state index in [0.717, 1.165) is 36.8 Å². The number of fused-ring (bicyclic) bond motifs is 5. The first-order chi connectivity index (χ1) is 12.2. The second-order valence-corrected chi connectivity index (χ2v) is 9.70. The number of hydrogen-bond donors (Lipinski definition) is 2. The van der Waals surface area contributed by atoms with Gasteiger partial charge in [0.15, 0.2) is 5.78 Å². The molecule has 3 saturated carbocycles. The minimum Gasteiger partial charge on any atom is -0.481 e. The van der Waals surface area contributed by atoms with Gasteiger partial charge in [-0.1, -0.05) is 26.0 Å². The van der Waals surface area contributed by atoms with Gasteiger partial charge in [0.25, 0.3) is 0 Å². The average molecular weight is 358 g/mol. The molecular weight excluding hydrogens is 328 g/mol. The van der Waals surface area contributed by atoms with Gasteiger partial charge in [0.1, 0.15) is 0 Å². The Kier molecular flexibility index (Phi) is 4.00. The van der Waals surface area contributed by atoms with Gasteiger partial charge in [0, 0.05) is 12.8 Å². The molecule has 0 aromatic heterocycles. The topological polar surface area (TPSA) is 74.6 Å². The second kappa shape index (κ2) is 5.79. The molecule has 26 heavy (non-hydrogen) atoms. The Morgan fingerprint density at radius 2 is 2.08 bits per heavy atom. The molecule has 3 fully saturated rings. The third-order valence-electron chi connectivity index (χ3n) is 8.46. The zero-order valence-electron chi connectivity index (χ0n) is 15.8. The molecule has 0 spiro atoms. The van der Waals surface area contributed by atoms with Crippen molar-refractivity contribution in [3.05, 3.63) is 23.8 Å². The molecule has 4 aliphatic carbocycles. The summed E-state index contributed by atoms with van der Waals surface area (Å²) in [6.45, 7) is 8.76. The van der Waals surface area contributed by atoms with Gasteiger partial charge in [-0.25, -0.2) is 0 Å². The lowest BCUT2D eigenvalue weighted by Gasteiger charge is -2.58. The van der Waals surface area contributed by atoms with E-state index in [1.165, 1.54) is 0 Å². The van der Waals surface area contributed by atoms with Crippen LogP contribution in [-0.2, 0) is 9.59 Å². The van der Waals surface area contributed by atoms with E-state index < -0.39 is 12.1 Å². The first-order valence-corrected chi connectivity index (χ1v) is 10.00. The van der Waals surface area contributed by atoms with Gasteiger partial charge in [-0.15, -0.1) is 0 Å². The molecule has 0 heterocycles. The van der Waals surface area contributed by atoms with E-state index in [-0.39, 0.29) is 34.9 Å². The quantitative estimate of drug-likeness (QED) is 0.788. The summed E-state index contributed by atoms with van der Waals surface area (Å²) in [5.41, 5.74) is 1.98. The SMILES string of the molecule is C=C1C[C@H]2[C@@H]3C(CC(=O)O)C[C@H](O)[C@@]3(C)CC[C@@H]2[C@@]2(C)CCC(=O)C=C12. The number of rotatable bonds is 2. The molecule has 142 valence electrons. The largest absolute Gasteiger partial charge is 0.481 e. The van der Waals surface area contributed by atoms with E-state index in [1.54, 1.807) is 0 Å². The lowest BCUT2D eigenvalue weighted by atomic mass is 9.46. The minimum absolute atomic E-state index is 0.0312. The maximum absolute atomic E-state index is 12.0. The highest BCUT2D eigenvalue weighted by Crippen LogP contribution is 2.67. The van der Waals surface area contributed by atoms with Crippen LogP contribution in [0.5, 0.6) is 0 Å². The van der Waals surface area contributed by atoms with Gasteiger partial charge in [0.2, 0.25) is 0 Å². The number of carboxylic acid groups (broad SMARTS) is 1. The number of carbonyl (C=O) groups is 2. The molecule has 4 heteroatoms.